The molecule has 0 aliphatic carbocycles. The van der Waals surface area contributed by atoms with Gasteiger partial charge in [0.2, 0.25) is 0 Å². The van der Waals surface area contributed by atoms with Crippen LogP contribution in [0, 0.1) is 0 Å². The van der Waals surface area contributed by atoms with Crippen molar-refractivity contribution in [3.8, 4) is 0 Å². The minimum absolute atomic E-state index is 0. The average Bonchev–Trinajstić information content (AvgIpc) is 2.89. The number of halogens is 1. The molecule has 0 bridgehead atoms. The zero-order valence-corrected chi connectivity index (χ0v) is 26.1. The summed E-state index contributed by atoms with van der Waals surface area (Å²) < 4.78 is 2.23. The van der Waals surface area contributed by atoms with Crippen molar-refractivity contribution in [3.05, 3.63) is 53.3 Å². The summed E-state index contributed by atoms with van der Waals surface area (Å²) in [7, 11) is 2.66. The molecular weight excluding hydrogens is 635 g/mol. The maximum absolute atomic E-state index is 14.0. The van der Waals surface area contributed by atoms with E-state index in [4.69, 9.17) is 4.98 Å². The molecule has 0 N–H and O–H groups in total. The number of amides is 2. The Hall–Kier alpha value is -1.78. The molecule has 2 aromatic rings. The number of hydrogen-bond donors (Lipinski definition) is 0. The Bertz CT molecular complexity index is 1230. The van der Waals surface area contributed by atoms with Gasteiger partial charge in [0.05, 0.1) is 0 Å². The number of hydrogen-bond acceptors (Lipinski definition) is 6. The van der Waals surface area contributed by atoms with Gasteiger partial charge >= 0.3 is 183 Å². The number of carbonyl (C=O) groups is 2. The van der Waals surface area contributed by atoms with Crippen LogP contribution in [0.25, 0.3) is 0 Å². The Morgan fingerprint density at radius 3 is 2.76 bits per heavy atom. The number of aliphatic imine (C=N–C) groups is 1. The van der Waals surface area contributed by atoms with E-state index in [1.807, 2.05) is 28.6 Å². The summed E-state index contributed by atoms with van der Waals surface area (Å²) in [6.07, 6.45) is 6.03. The van der Waals surface area contributed by atoms with Gasteiger partial charge in [-0.05, 0) is 7.05 Å². The van der Waals surface area contributed by atoms with Gasteiger partial charge in [-0.25, -0.2) is 0 Å². The summed E-state index contributed by atoms with van der Waals surface area (Å²) >= 11 is -0.591. The van der Waals surface area contributed by atoms with Crippen LogP contribution in [0.1, 0.15) is 36.6 Å². The number of rotatable bonds is 4. The summed E-state index contributed by atoms with van der Waals surface area (Å²) in [5.41, 5.74) is 3.52. The monoisotopic (exact) mass is 668 g/mol. The van der Waals surface area contributed by atoms with Gasteiger partial charge in [-0.2, -0.15) is 0 Å². The van der Waals surface area contributed by atoms with Gasteiger partial charge in [0.1, 0.15) is 0 Å². The van der Waals surface area contributed by atoms with Crippen LogP contribution >= 0.6 is 21.5 Å². The Balaban J connectivity index is 0.00000320. The summed E-state index contributed by atoms with van der Waals surface area (Å²) in [6, 6.07) is 11.5. The predicted octanol–water partition coefficient (Wildman–Crippen LogP) is 3.11. The Morgan fingerprint density at radius 2 is 2.00 bits per heavy atom. The predicted molar refractivity (Wildman–Crippen MR) is 154 cm³/mol. The molecule has 1 saturated heterocycles. The molecule has 3 aliphatic rings. The molecule has 4 heterocycles. The summed E-state index contributed by atoms with van der Waals surface area (Å²) in [4.78, 5) is 43.9. The fourth-order valence-electron chi connectivity index (χ4n) is 5.02. The molecule has 37 heavy (non-hydrogen) atoms. The minimum Gasteiger partial charge on any atom is 0 e. The third kappa shape index (κ3) is 6.45. The van der Waals surface area contributed by atoms with E-state index in [9.17, 15) is 9.59 Å². The fraction of sp³-hybridized carbons (Fsp3) is 0.462. The van der Waals surface area contributed by atoms with Crippen molar-refractivity contribution in [1.29, 1.82) is 0 Å². The number of likely N-dealkylation sites (N-methyl/N-ethyl adjacent to an activating group) is 1. The van der Waals surface area contributed by atoms with Crippen LogP contribution in [0.3, 0.4) is 0 Å². The minimum atomic E-state index is -1.36. The molecule has 11 heteroatoms. The van der Waals surface area contributed by atoms with Crippen LogP contribution in [0.4, 0.5) is 10.7 Å². The van der Waals surface area contributed by atoms with E-state index in [0.717, 1.165) is 43.2 Å². The standard InChI is InChI=1S/C26H33IN6O2Si.Cr/c1-18-13-20-14-28-25(29-15-21-9-10-24(34)32(3)27-21)30-22(20)16-33(18)26(35)36-12-11-31(2)17-23(36)19-7-5-4-6-8-19;/h4-8,14-15,18,21,27H,9-13,16-17H2,1-3H3;/b29-15+;/t18-,21?;/m1./s1. The van der Waals surface area contributed by atoms with E-state index < -0.39 is 29.9 Å². The molecule has 196 valence electrons. The molecule has 3 aliphatic heterocycles. The van der Waals surface area contributed by atoms with Crippen molar-refractivity contribution < 1.29 is 27.0 Å². The molecule has 1 aromatic carbocycles. The molecule has 0 saturated carbocycles. The van der Waals surface area contributed by atoms with Gasteiger partial charge in [-0.15, -0.1) is 0 Å². The van der Waals surface area contributed by atoms with Crippen molar-refractivity contribution in [1.82, 2.24) is 22.9 Å². The van der Waals surface area contributed by atoms with Crippen LogP contribution in [0.2, 0.25) is 6.04 Å². The Kier molecular flexibility index (Phi) is 9.45. The van der Waals surface area contributed by atoms with E-state index in [-0.39, 0.29) is 29.3 Å². The maximum Gasteiger partial charge on any atom is 0 e. The fourth-order valence-corrected chi connectivity index (χ4v) is 10.7. The molecule has 8 nitrogen and oxygen atoms in total. The van der Waals surface area contributed by atoms with Crippen LogP contribution in [-0.4, -0.2) is 91.3 Å². The van der Waals surface area contributed by atoms with Gasteiger partial charge in [-0.1, -0.05) is 30.3 Å². The van der Waals surface area contributed by atoms with Gasteiger partial charge in [0.15, 0.2) is 0 Å². The van der Waals surface area contributed by atoms with Gasteiger partial charge < -0.3 is 4.90 Å². The molecule has 1 aromatic heterocycles. The summed E-state index contributed by atoms with van der Waals surface area (Å²) in [6.45, 7) is 4.47. The van der Waals surface area contributed by atoms with E-state index in [1.165, 1.54) is 10.7 Å². The molecule has 1 fully saturated rings. The topological polar surface area (TPSA) is 82.0 Å². The summed E-state index contributed by atoms with van der Waals surface area (Å²) in [5.74, 6) is 0.693. The Labute approximate surface area is 241 Å². The van der Waals surface area contributed by atoms with Crippen molar-refractivity contribution in [3.63, 3.8) is 0 Å². The number of alkyl halides is 1. The van der Waals surface area contributed by atoms with Crippen LogP contribution in [0.15, 0.2) is 41.5 Å². The Morgan fingerprint density at radius 1 is 1.22 bits per heavy atom. The van der Waals surface area contributed by atoms with E-state index >= 15 is 0 Å². The summed E-state index contributed by atoms with van der Waals surface area (Å²) in [5, 5.41) is 1.31. The van der Waals surface area contributed by atoms with E-state index in [1.54, 1.807) is 0 Å². The first kappa shape index (κ1) is 28.2. The number of aromatic nitrogens is 2. The largest absolute Gasteiger partial charge is 0 e. The van der Waals surface area contributed by atoms with Gasteiger partial charge in [0.25, 0.3) is 0 Å². The second kappa shape index (κ2) is 12.4. The van der Waals surface area contributed by atoms with Crippen LogP contribution in [0.5, 0.6) is 0 Å². The zero-order chi connectivity index (χ0) is 25.2. The van der Waals surface area contributed by atoms with Crippen LogP contribution in [-0.2, 0) is 35.1 Å². The number of carbonyl (C=O) groups excluding carboxylic acids is 2. The molecule has 2 atom stereocenters. The van der Waals surface area contributed by atoms with Crippen molar-refractivity contribution >= 4 is 58.7 Å². The van der Waals surface area contributed by atoms with Gasteiger partial charge in [0, 0.05) is 17.4 Å². The first-order valence-corrected chi connectivity index (χ1v) is 16.6. The van der Waals surface area contributed by atoms with E-state index in [0.29, 0.717) is 28.4 Å². The normalized spacial score (nSPS) is 22.9. The quantitative estimate of drug-likeness (QED) is 0.165. The molecule has 0 radical (unpaired) electrons. The maximum atomic E-state index is 14.0. The number of nitrogens with zero attached hydrogens (tertiary/aromatic N) is 6. The molecule has 0 spiro atoms. The smallest absolute Gasteiger partial charge is 0 e. The van der Waals surface area contributed by atoms with Crippen molar-refractivity contribution in [2.75, 3.05) is 27.2 Å². The van der Waals surface area contributed by atoms with Crippen molar-refractivity contribution in [2.24, 2.45) is 4.99 Å². The zero-order valence-electron chi connectivity index (χ0n) is 21.5. The van der Waals surface area contributed by atoms with E-state index in [2.05, 4.69) is 58.0 Å². The first-order valence-electron chi connectivity index (χ1n) is 12.5. The third-order valence-corrected chi connectivity index (χ3v) is 13.1. The van der Waals surface area contributed by atoms with Crippen molar-refractivity contribution in [2.45, 2.75) is 48.7 Å². The molecular formula is C26H33CrIN6O2Si. The second-order valence-electron chi connectivity index (χ2n) is 9.79. The molecule has 2 amide bonds. The number of fused-ring (bicyclic) bond motifs is 1. The second-order valence-corrected chi connectivity index (χ2v) is 16.2. The molecule has 5 rings (SSSR count). The first-order chi connectivity index (χ1) is 17.4. The number of benzene rings is 1. The SMILES string of the molecule is C[C@@H]1Cc2cnc(/N=C/C3CCC(=O)N(C)[IH]3)nc2CN1C(=O)[Si]1=C(c2ccccc2)CN(C)CC1.[Cr]. The molecule has 1 unspecified atom stereocenters. The van der Waals surface area contributed by atoms with Gasteiger partial charge in [-0.3, -0.25) is 0 Å². The third-order valence-electron chi connectivity index (χ3n) is 7.13. The van der Waals surface area contributed by atoms with Crippen LogP contribution < -0.4 is 0 Å². The average molecular weight is 669 g/mol.